The van der Waals surface area contributed by atoms with Gasteiger partial charge in [-0.25, -0.2) is 8.96 Å². The highest BCUT2D eigenvalue weighted by Crippen LogP contribution is 2.48. The van der Waals surface area contributed by atoms with E-state index in [-0.39, 0.29) is 11.3 Å². The largest absolute Gasteiger partial charge is 0.462 e. The summed E-state index contributed by atoms with van der Waals surface area (Å²) >= 11 is 0. The van der Waals surface area contributed by atoms with Crippen LogP contribution in [-0.2, 0) is 28.2 Å². The summed E-state index contributed by atoms with van der Waals surface area (Å²) < 4.78 is 51.6. The molecular weight excluding hydrogens is 524 g/mol. The van der Waals surface area contributed by atoms with E-state index in [1.807, 2.05) is 0 Å². The summed E-state index contributed by atoms with van der Waals surface area (Å²) in [5, 5.41) is 25.2. The van der Waals surface area contributed by atoms with E-state index in [4.69, 9.17) is 18.5 Å². The Hall–Kier alpha value is -2.54. The van der Waals surface area contributed by atoms with Crippen LogP contribution in [0.4, 0.5) is 4.39 Å². The van der Waals surface area contributed by atoms with Crippen LogP contribution in [0.3, 0.4) is 0 Å². The molecule has 38 heavy (non-hydrogen) atoms. The van der Waals surface area contributed by atoms with Gasteiger partial charge in [-0.3, -0.25) is 14.1 Å². The first-order valence-electron chi connectivity index (χ1n) is 12.1. The zero-order valence-corrected chi connectivity index (χ0v) is 22.8. The van der Waals surface area contributed by atoms with Crippen molar-refractivity contribution in [2.24, 2.45) is 5.41 Å². The topological polar surface area (TPSA) is 156 Å². The number of carbonyl (C=O) groups excluding carboxylic acids is 2. The molecule has 0 bridgehead atoms. The molecule has 212 valence electrons. The lowest BCUT2D eigenvalue weighted by molar-refractivity contribution is -0.149. The maximum atomic E-state index is 15.7. The molecule has 3 rings (SSSR count). The summed E-state index contributed by atoms with van der Waals surface area (Å²) in [5.74, 6) is -1.04. The van der Waals surface area contributed by atoms with Crippen LogP contribution in [0.1, 0.15) is 34.6 Å². The van der Waals surface area contributed by atoms with E-state index < -0.39 is 75.3 Å². The lowest BCUT2D eigenvalue weighted by Crippen LogP contribution is -2.56. The van der Waals surface area contributed by atoms with Crippen molar-refractivity contribution in [2.45, 2.75) is 71.6 Å². The molecule has 4 unspecified atom stereocenters. The maximum Gasteiger partial charge on any atom is 0.459 e. The first kappa shape index (κ1) is 30.0. The molecule has 0 aliphatic carbocycles. The van der Waals surface area contributed by atoms with Crippen LogP contribution in [0.25, 0.3) is 0 Å². The van der Waals surface area contributed by atoms with E-state index in [0.29, 0.717) is 0 Å². The van der Waals surface area contributed by atoms with Gasteiger partial charge in [0.05, 0.1) is 30.8 Å². The average Bonchev–Trinajstić information content (AvgIpc) is 3.10. The number of rotatable bonds is 11. The quantitative estimate of drug-likeness (QED) is 0.232. The number of para-hydroxylation sites is 1. The number of benzene rings is 1. The highest BCUT2D eigenvalue weighted by molar-refractivity contribution is 7.52. The lowest BCUT2D eigenvalue weighted by Gasteiger charge is -2.36. The van der Waals surface area contributed by atoms with E-state index in [1.54, 1.807) is 32.0 Å². The Balaban J connectivity index is 1.82. The molecule has 1 fully saturated rings. The normalized spacial score (nSPS) is 29.9. The van der Waals surface area contributed by atoms with Gasteiger partial charge in [0.2, 0.25) is 6.35 Å². The second-order valence-electron chi connectivity index (χ2n) is 9.72. The van der Waals surface area contributed by atoms with Gasteiger partial charge in [0.25, 0.3) is 5.91 Å². The predicted octanol–water partition coefficient (Wildman–Crippen LogP) is 1.79. The highest BCUT2D eigenvalue weighted by Gasteiger charge is 2.57. The number of aliphatic hydroxyl groups excluding tert-OH is 2. The lowest BCUT2D eigenvalue weighted by atomic mass is 9.82. The fourth-order valence-corrected chi connectivity index (χ4v) is 5.40. The molecular formula is C24H35FN3O9P. The molecule has 2 aliphatic rings. The third-order valence-corrected chi connectivity index (χ3v) is 7.86. The summed E-state index contributed by atoms with van der Waals surface area (Å²) in [6.45, 7) is 6.46. The zero-order chi connectivity index (χ0) is 28.3. The molecule has 0 spiro atoms. The van der Waals surface area contributed by atoms with Crippen molar-refractivity contribution in [3.63, 3.8) is 0 Å². The number of amides is 1. The number of nitrogens with zero attached hydrogens (tertiary/aromatic N) is 1. The summed E-state index contributed by atoms with van der Waals surface area (Å²) in [4.78, 5) is 25.2. The predicted molar refractivity (Wildman–Crippen MR) is 133 cm³/mol. The van der Waals surface area contributed by atoms with Gasteiger partial charge in [0.15, 0.2) is 12.4 Å². The monoisotopic (exact) mass is 559 g/mol. The molecule has 1 saturated heterocycles. The fraction of sp³-hybridized carbons (Fsp3) is 0.583. The number of esters is 1. The third kappa shape index (κ3) is 6.71. The smallest absolute Gasteiger partial charge is 0.459 e. The summed E-state index contributed by atoms with van der Waals surface area (Å²) in [5.41, 5.74) is -1.34. The summed E-state index contributed by atoms with van der Waals surface area (Å²) in [6, 6.07) is 7.00. The van der Waals surface area contributed by atoms with Gasteiger partial charge in [-0.05, 0) is 39.8 Å². The first-order chi connectivity index (χ1) is 17.8. The van der Waals surface area contributed by atoms with Crippen molar-refractivity contribution in [1.29, 1.82) is 0 Å². The summed E-state index contributed by atoms with van der Waals surface area (Å²) in [7, 11) is -4.28. The van der Waals surface area contributed by atoms with Gasteiger partial charge >= 0.3 is 13.7 Å². The van der Waals surface area contributed by atoms with E-state index >= 15 is 4.39 Å². The molecule has 0 saturated carbocycles. The number of ether oxygens (including phenoxy) is 2. The number of hydrogen-bond donors (Lipinski definition) is 4. The van der Waals surface area contributed by atoms with Gasteiger partial charge in [-0.15, -0.1) is 0 Å². The average molecular weight is 560 g/mol. The van der Waals surface area contributed by atoms with Crippen molar-refractivity contribution >= 4 is 19.6 Å². The first-order valence-corrected chi connectivity index (χ1v) is 13.7. The number of nitrogens with one attached hydrogen (secondary N) is 2. The second kappa shape index (κ2) is 12.1. The molecule has 7 atom stereocenters. The Morgan fingerprint density at radius 1 is 1.32 bits per heavy atom. The number of halogens is 1. The van der Waals surface area contributed by atoms with Crippen LogP contribution in [-0.4, -0.2) is 77.2 Å². The summed E-state index contributed by atoms with van der Waals surface area (Å²) in [6.07, 6.45) is -5.15. The number of aliphatic hydroxyl groups is 2. The molecule has 1 aromatic rings. The Kier molecular flexibility index (Phi) is 9.56. The molecule has 2 heterocycles. The number of hydrogen-bond acceptors (Lipinski definition) is 10. The molecule has 12 nitrogen and oxygen atoms in total. The maximum absolute atomic E-state index is 15.7. The van der Waals surface area contributed by atoms with Crippen molar-refractivity contribution in [3.8, 4) is 5.75 Å². The Morgan fingerprint density at radius 3 is 2.58 bits per heavy atom. The number of alkyl halides is 1. The van der Waals surface area contributed by atoms with Crippen LogP contribution in [0, 0.1) is 5.41 Å². The minimum atomic E-state index is -4.28. The van der Waals surface area contributed by atoms with E-state index in [0.717, 1.165) is 4.90 Å². The molecule has 14 heteroatoms. The zero-order valence-electron chi connectivity index (χ0n) is 21.9. The van der Waals surface area contributed by atoms with Crippen molar-refractivity contribution in [3.05, 3.63) is 42.1 Å². The van der Waals surface area contributed by atoms with Gasteiger partial charge in [0.1, 0.15) is 11.8 Å². The van der Waals surface area contributed by atoms with Crippen LogP contribution in [0.15, 0.2) is 42.1 Å². The minimum Gasteiger partial charge on any atom is -0.462 e. The molecule has 0 aromatic heterocycles. The van der Waals surface area contributed by atoms with Crippen molar-refractivity contribution in [1.82, 2.24) is 15.3 Å². The van der Waals surface area contributed by atoms with Crippen LogP contribution in [0.5, 0.6) is 5.75 Å². The van der Waals surface area contributed by atoms with Gasteiger partial charge in [-0.1, -0.05) is 25.1 Å². The molecule has 1 amide bonds. The van der Waals surface area contributed by atoms with Crippen molar-refractivity contribution in [2.75, 3.05) is 13.2 Å². The van der Waals surface area contributed by atoms with Gasteiger partial charge < -0.3 is 34.4 Å². The van der Waals surface area contributed by atoms with Gasteiger partial charge in [0, 0.05) is 11.8 Å². The molecule has 0 radical (unpaired) electrons. The Morgan fingerprint density at radius 2 is 1.97 bits per heavy atom. The molecule has 2 aliphatic heterocycles. The molecule has 1 aromatic carbocycles. The fourth-order valence-electron chi connectivity index (χ4n) is 3.91. The van der Waals surface area contributed by atoms with E-state index in [2.05, 4.69) is 10.4 Å². The third-order valence-electron chi connectivity index (χ3n) is 6.22. The van der Waals surface area contributed by atoms with Crippen molar-refractivity contribution < 1.29 is 47.3 Å². The van der Waals surface area contributed by atoms with Crippen LogP contribution >= 0.6 is 7.75 Å². The Bertz CT molecular complexity index is 1080. The second-order valence-corrected chi connectivity index (χ2v) is 11.4. The van der Waals surface area contributed by atoms with Crippen LogP contribution in [0.2, 0.25) is 0 Å². The SMILES string of the molecule is CC1=CN([C@@H]2O[C@H](COP(=O)(N[C@@H](C)C(=O)OC(C)C)Oc3ccccc3)C(C)(CO)C2F)C(O)NC1=O. The van der Waals surface area contributed by atoms with Crippen LogP contribution < -0.4 is 14.9 Å². The van der Waals surface area contributed by atoms with E-state index in [1.165, 1.54) is 39.1 Å². The highest BCUT2D eigenvalue weighted by atomic mass is 31.2. The van der Waals surface area contributed by atoms with Gasteiger partial charge in [-0.2, -0.15) is 5.09 Å². The number of carbonyl (C=O) groups is 2. The minimum absolute atomic E-state index is 0.180. The standard InChI is InChI=1S/C24H35FN3O9P/c1-14(2)35-22(31)16(4)27-38(33,37-17-9-7-6-8-10-17)34-12-18-24(5,13-29)19(25)21(36-18)28-11-15(3)20(30)26-23(28)32/h6-11,14,16,18-19,21,23,29,32H,12-13H2,1-5H3,(H,26,30)(H,27,33)/t16-,18+,19?,21+,23?,24?,38?/m0/s1. The molecule has 4 N–H and O–H groups in total. The Labute approximate surface area is 220 Å². The van der Waals surface area contributed by atoms with E-state index in [9.17, 15) is 24.4 Å².